The summed E-state index contributed by atoms with van der Waals surface area (Å²) in [5.41, 5.74) is 0.918. The van der Waals surface area contributed by atoms with Gasteiger partial charge in [-0.25, -0.2) is 0 Å². The van der Waals surface area contributed by atoms with Crippen LogP contribution in [0.2, 0.25) is 0 Å². The number of nitrogens with zero attached hydrogens (tertiary/aromatic N) is 1. The molecule has 82 valence electrons. The zero-order valence-electron chi connectivity index (χ0n) is 8.93. The smallest absolute Gasteiger partial charge is 0.184 e. The maximum absolute atomic E-state index is 5.82. The topological polar surface area (TPSA) is 43.4 Å². The zero-order valence-corrected chi connectivity index (χ0v) is 8.93. The SMILES string of the molecule is CNC1COc2ccc3ncccc3c2O1. The van der Waals surface area contributed by atoms with Gasteiger partial charge in [-0.2, -0.15) is 0 Å². The molecule has 1 atom stereocenters. The fraction of sp³-hybridized carbons (Fsp3) is 0.250. The fourth-order valence-corrected chi connectivity index (χ4v) is 1.82. The van der Waals surface area contributed by atoms with Crippen molar-refractivity contribution in [2.24, 2.45) is 0 Å². The van der Waals surface area contributed by atoms with E-state index in [1.807, 2.05) is 31.3 Å². The van der Waals surface area contributed by atoms with Crippen LogP contribution in [0, 0.1) is 0 Å². The summed E-state index contributed by atoms with van der Waals surface area (Å²) in [6, 6.07) is 7.73. The van der Waals surface area contributed by atoms with E-state index in [0.717, 1.165) is 22.4 Å². The van der Waals surface area contributed by atoms with Gasteiger partial charge in [0, 0.05) is 11.6 Å². The molecule has 0 bridgehead atoms. The molecule has 2 heterocycles. The number of nitrogens with one attached hydrogen (secondary N) is 1. The standard InChI is InChI=1S/C12H12N2O2/c1-13-11-7-15-10-5-4-9-8(12(10)16-11)3-2-6-14-9/h2-6,11,13H,7H2,1H3. The van der Waals surface area contributed by atoms with Crippen LogP contribution in [0.3, 0.4) is 0 Å². The molecule has 0 radical (unpaired) electrons. The van der Waals surface area contributed by atoms with E-state index >= 15 is 0 Å². The molecule has 1 N–H and O–H groups in total. The van der Waals surface area contributed by atoms with Gasteiger partial charge in [0.2, 0.25) is 0 Å². The molecule has 0 aliphatic carbocycles. The summed E-state index contributed by atoms with van der Waals surface area (Å²) in [5.74, 6) is 1.56. The average Bonchev–Trinajstić information content (AvgIpc) is 2.38. The second-order valence-corrected chi connectivity index (χ2v) is 3.67. The molecule has 0 saturated heterocycles. The van der Waals surface area contributed by atoms with Crippen molar-refractivity contribution in [2.45, 2.75) is 6.23 Å². The summed E-state index contributed by atoms with van der Waals surface area (Å²) >= 11 is 0. The predicted octanol–water partition coefficient (Wildman–Crippen LogP) is 1.55. The van der Waals surface area contributed by atoms with Crippen LogP contribution >= 0.6 is 0 Å². The molecule has 0 fully saturated rings. The Morgan fingerprint density at radius 3 is 3.19 bits per heavy atom. The van der Waals surface area contributed by atoms with E-state index in [2.05, 4.69) is 10.3 Å². The number of hydrogen-bond donors (Lipinski definition) is 1. The highest BCUT2D eigenvalue weighted by molar-refractivity contribution is 5.87. The molecular formula is C12H12N2O2. The molecular weight excluding hydrogens is 204 g/mol. The highest BCUT2D eigenvalue weighted by Gasteiger charge is 2.21. The highest BCUT2D eigenvalue weighted by Crippen LogP contribution is 2.37. The second kappa shape index (κ2) is 3.64. The maximum atomic E-state index is 5.82. The number of benzene rings is 1. The number of aromatic nitrogens is 1. The Morgan fingerprint density at radius 2 is 2.31 bits per heavy atom. The number of hydrogen-bond acceptors (Lipinski definition) is 4. The van der Waals surface area contributed by atoms with Crippen LogP contribution in [0.4, 0.5) is 0 Å². The van der Waals surface area contributed by atoms with Crippen LogP contribution in [0.25, 0.3) is 10.9 Å². The van der Waals surface area contributed by atoms with E-state index in [9.17, 15) is 0 Å². The van der Waals surface area contributed by atoms with Crippen molar-refractivity contribution in [3.8, 4) is 11.5 Å². The number of fused-ring (bicyclic) bond motifs is 3. The quantitative estimate of drug-likeness (QED) is 0.785. The van der Waals surface area contributed by atoms with Crippen LogP contribution in [0.5, 0.6) is 11.5 Å². The second-order valence-electron chi connectivity index (χ2n) is 3.67. The Bertz CT molecular complexity index is 527. The molecule has 1 aromatic carbocycles. The van der Waals surface area contributed by atoms with E-state index in [0.29, 0.717) is 6.61 Å². The van der Waals surface area contributed by atoms with E-state index < -0.39 is 0 Å². The molecule has 16 heavy (non-hydrogen) atoms. The van der Waals surface area contributed by atoms with Crippen molar-refractivity contribution in [3.05, 3.63) is 30.5 Å². The molecule has 4 nitrogen and oxygen atoms in total. The molecule has 1 aliphatic heterocycles. The van der Waals surface area contributed by atoms with Crippen LogP contribution in [-0.4, -0.2) is 24.9 Å². The summed E-state index contributed by atoms with van der Waals surface area (Å²) in [6.45, 7) is 0.523. The van der Waals surface area contributed by atoms with Gasteiger partial charge >= 0.3 is 0 Å². The molecule has 1 aromatic heterocycles. The molecule has 3 rings (SSSR count). The van der Waals surface area contributed by atoms with E-state index in [4.69, 9.17) is 9.47 Å². The first-order valence-electron chi connectivity index (χ1n) is 5.23. The molecule has 0 amide bonds. The van der Waals surface area contributed by atoms with Crippen molar-refractivity contribution in [1.29, 1.82) is 0 Å². The van der Waals surface area contributed by atoms with Gasteiger partial charge in [0.05, 0.1) is 5.52 Å². The monoisotopic (exact) mass is 216 g/mol. The lowest BCUT2D eigenvalue weighted by atomic mass is 10.2. The first-order chi connectivity index (χ1) is 7.88. The third-order valence-electron chi connectivity index (χ3n) is 2.67. The lowest BCUT2D eigenvalue weighted by Gasteiger charge is -2.26. The Hall–Kier alpha value is -1.81. The Morgan fingerprint density at radius 1 is 1.38 bits per heavy atom. The van der Waals surface area contributed by atoms with Crippen molar-refractivity contribution in [1.82, 2.24) is 10.3 Å². The molecule has 0 spiro atoms. The minimum atomic E-state index is -0.0988. The van der Waals surface area contributed by atoms with Crippen LogP contribution < -0.4 is 14.8 Å². The Balaban J connectivity index is 2.17. The van der Waals surface area contributed by atoms with Gasteiger partial charge in [0.15, 0.2) is 17.7 Å². The largest absolute Gasteiger partial charge is 0.484 e. The lowest BCUT2D eigenvalue weighted by Crippen LogP contribution is -2.39. The van der Waals surface area contributed by atoms with Crippen LogP contribution in [0.15, 0.2) is 30.5 Å². The number of pyridine rings is 1. The van der Waals surface area contributed by atoms with Gasteiger partial charge in [0.25, 0.3) is 0 Å². The summed E-state index contributed by atoms with van der Waals surface area (Å²) in [6.07, 6.45) is 1.67. The first-order valence-corrected chi connectivity index (χ1v) is 5.23. The molecule has 0 saturated carbocycles. The normalized spacial score (nSPS) is 18.7. The molecule has 2 aromatic rings. The zero-order chi connectivity index (χ0) is 11.0. The summed E-state index contributed by atoms with van der Waals surface area (Å²) in [7, 11) is 1.85. The van der Waals surface area contributed by atoms with Crippen molar-refractivity contribution in [3.63, 3.8) is 0 Å². The Kier molecular flexibility index (Phi) is 2.15. The summed E-state index contributed by atoms with van der Waals surface area (Å²) in [5, 5.41) is 4.03. The first kappa shape index (κ1) is 9.42. The van der Waals surface area contributed by atoms with E-state index in [1.54, 1.807) is 6.20 Å². The summed E-state index contributed by atoms with van der Waals surface area (Å²) in [4.78, 5) is 4.28. The molecule has 4 heteroatoms. The Labute approximate surface area is 93.2 Å². The molecule has 1 unspecified atom stereocenters. The predicted molar refractivity (Wildman–Crippen MR) is 60.7 cm³/mol. The third-order valence-corrected chi connectivity index (χ3v) is 2.67. The van der Waals surface area contributed by atoms with Gasteiger partial charge in [-0.3, -0.25) is 10.3 Å². The highest BCUT2D eigenvalue weighted by atomic mass is 16.6. The molecule has 1 aliphatic rings. The van der Waals surface area contributed by atoms with Crippen molar-refractivity contribution < 1.29 is 9.47 Å². The lowest BCUT2D eigenvalue weighted by molar-refractivity contribution is 0.0745. The van der Waals surface area contributed by atoms with Crippen molar-refractivity contribution in [2.75, 3.05) is 13.7 Å². The summed E-state index contributed by atoms with van der Waals surface area (Å²) < 4.78 is 11.4. The van der Waals surface area contributed by atoms with Gasteiger partial charge < -0.3 is 9.47 Å². The van der Waals surface area contributed by atoms with Crippen LogP contribution in [0.1, 0.15) is 0 Å². The average molecular weight is 216 g/mol. The maximum Gasteiger partial charge on any atom is 0.184 e. The minimum absolute atomic E-state index is 0.0988. The van der Waals surface area contributed by atoms with E-state index in [1.165, 1.54) is 0 Å². The number of ether oxygens (including phenoxy) is 2. The van der Waals surface area contributed by atoms with Gasteiger partial charge in [0.1, 0.15) is 6.61 Å². The van der Waals surface area contributed by atoms with Crippen LogP contribution in [-0.2, 0) is 0 Å². The number of likely N-dealkylation sites (N-methyl/N-ethyl adjacent to an activating group) is 1. The fourth-order valence-electron chi connectivity index (χ4n) is 1.82. The van der Waals surface area contributed by atoms with E-state index in [-0.39, 0.29) is 6.23 Å². The van der Waals surface area contributed by atoms with Gasteiger partial charge in [-0.05, 0) is 31.3 Å². The van der Waals surface area contributed by atoms with Gasteiger partial charge in [-0.15, -0.1) is 0 Å². The van der Waals surface area contributed by atoms with Gasteiger partial charge in [-0.1, -0.05) is 0 Å². The third kappa shape index (κ3) is 1.39. The van der Waals surface area contributed by atoms with Crippen molar-refractivity contribution >= 4 is 10.9 Å². The number of rotatable bonds is 1. The minimum Gasteiger partial charge on any atom is -0.484 e.